The maximum Gasteiger partial charge on any atom is 0.328 e. The molecule has 1 heterocycles. The number of aromatic nitrogens is 1. The second kappa shape index (κ2) is 5.02. The van der Waals surface area contributed by atoms with Gasteiger partial charge in [-0.15, -0.1) is 11.6 Å². The number of fused-ring (bicyclic) bond motifs is 1. The summed E-state index contributed by atoms with van der Waals surface area (Å²) in [4.78, 5) is 15.7. The Morgan fingerprint density at radius 1 is 1.47 bits per heavy atom. The Labute approximate surface area is 112 Å². The predicted molar refractivity (Wildman–Crippen MR) is 70.1 cm³/mol. The minimum Gasteiger partial charge on any atom is -0.468 e. The van der Waals surface area contributed by atoms with Gasteiger partial charge in [0.25, 0.3) is 0 Å². The van der Waals surface area contributed by atoms with E-state index in [4.69, 9.17) is 11.6 Å². The summed E-state index contributed by atoms with van der Waals surface area (Å²) < 4.78 is 5.55. The van der Waals surface area contributed by atoms with Crippen LogP contribution in [0.15, 0.2) is 34.9 Å². The van der Waals surface area contributed by atoms with Crippen molar-refractivity contribution in [2.75, 3.05) is 7.11 Å². The molecule has 1 atom stereocenters. The van der Waals surface area contributed by atoms with E-state index in [9.17, 15) is 4.79 Å². The van der Waals surface area contributed by atoms with Gasteiger partial charge in [0.2, 0.25) is 0 Å². The third-order valence-electron chi connectivity index (χ3n) is 2.43. The zero-order chi connectivity index (χ0) is 12.4. The second-order valence-electron chi connectivity index (χ2n) is 3.42. The van der Waals surface area contributed by atoms with Crippen molar-refractivity contribution in [1.82, 2.24) is 4.98 Å². The molecule has 2 rings (SSSR count). The van der Waals surface area contributed by atoms with E-state index in [-0.39, 0.29) is 0 Å². The molecule has 88 valence electrons. The lowest BCUT2D eigenvalue weighted by atomic mass is 10.1. The van der Waals surface area contributed by atoms with Gasteiger partial charge in [0.05, 0.1) is 12.6 Å². The summed E-state index contributed by atoms with van der Waals surface area (Å²) >= 11 is 9.49. The number of carbonyl (C=O) groups excluding carboxylic acids is 1. The Morgan fingerprint density at radius 2 is 2.24 bits per heavy atom. The standard InChI is InChI=1S/C12H9BrClNO2/c1-17-12(16)10(14)8-4-5-9(13)7-3-2-6-15-11(7)8/h2-6,10H,1H3. The van der Waals surface area contributed by atoms with Crippen molar-refractivity contribution < 1.29 is 9.53 Å². The highest BCUT2D eigenvalue weighted by atomic mass is 79.9. The predicted octanol–water partition coefficient (Wildman–Crippen LogP) is 3.45. The van der Waals surface area contributed by atoms with Crippen LogP contribution >= 0.6 is 27.5 Å². The number of pyridine rings is 1. The van der Waals surface area contributed by atoms with Gasteiger partial charge in [0, 0.05) is 21.6 Å². The molecule has 0 aliphatic carbocycles. The summed E-state index contributed by atoms with van der Waals surface area (Å²) in [6.45, 7) is 0. The molecule has 17 heavy (non-hydrogen) atoms. The van der Waals surface area contributed by atoms with Crippen LogP contribution < -0.4 is 0 Å². The number of ether oxygens (including phenoxy) is 1. The summed E-state index contributed by atoms with van der Waals surface area (Å²) in [5.41, 5.74) is 1.35. The third kappa shape index (κ3) is 2.28. The zero-order valence-electron chi connectivity index (χ0n) is 8.98. The normalized spacial score (nSPS) is 12.4. The van der Waals surface area contributed by atoms with E-state index in [1.807, 2.05) is 18.2 Å². The quantitative estimate of drug-likeness (QED) is 0.629. The van der Waals surface area contributed by atoms with Crippen molar-refractivity contribution in [3.63, 3.8) is 0 Å². The van der Waals surface area contributed by atoms with E-state index in [2.05, 4.69) is 25.7 Å². The number of carbonyl (C=O) groups is 1. The van der Waals surface area contributed by atoms with E-state index in [1.165, 1.54) is 7.11 Å². The number of hydrogen-bond acceptors (Lipinski definition) is 3. The van der Waals surface area contributed by atoms with Crippen molar-refractivity contribution in [2.24, 2.45) is 0 Å². The number of benzene rings is 1. The van der Waals surface area contributed by atoms with Crippen LogP contribution in [0.2, 0.25) is 0 Å². The summed E-state index contributed by atoms with van der Waals surface area (Å²) in [6, 6.07) is 7.36. The molecule has 0 aliphatic rings. The fraction of sp³-hybridized carbons (Fsp3) is 0.167. The topological polar surface area (TPSA) is 39.2 Å². The highest BCUT2D eigenvalue weighted by molar-refractivity contribution is 9.10. The first kappa shape index (κ1) is 12.3. The van der Waals surface area contributed by atoms with Crippen LogP contribution in [-0.4, -0.2) is 18.1 Å². The molecule has 1 unspecified atom stereocenters. The van der Waals surface area contributed by atoms with Crippen molar-refractivity contribution in [3.8, 4) is 0 Å². The number of nitrogens with zero attached hydrogens (tertiary/aromatic N) is 1. The monoisotopic (exact) mass is 313 g/mol. The molecule has 1 aromatic carbocycles. The molecule has 0 saturated carbocycles. The zero-order valence-corrected chi connectivity index (χ0v) is 11.3. The Bertz CT molecular complexity index is 573. The fourth-order valence-corrected chi connectivity index (χ4v) is 2.31. The van der Waals surface area contributed by atoms with Gasteiger partial charge in [0.15, 0.2) is 5.38 Å². The van der Waals surface area contributed by atoms with Crippen LogP contribution in [0.1, 0.15) is 10.9 Å². The van der Waals surface area contributed by atoms with Crippen LogP contribution in [-0.2, 0) is 9.53 Å². The number of alkyl halides is 1. The highest BCUT2D eigenvalue weighted by Crippen LogP contribution is 2.32. The lowest BCUT2D eigenvalue weighted by molar-refractivity contribution is -0.140. The SMILES string of the molecule is COC(=O)C(Cl)c1ccc(Br)c2cccnc12. The van der Waals surface area contributed by atoms with Crippen molar-refractivity contribution in [2.45, 2.75) is 5.38 Å². The minimum absolute atomic E-state index is 0.485. The number of methoxy groups -OCH3 is 1. The number of hydrogen-bond donors (Lipinski definition) is 0. The molecular formula is C12H9BrClNO2. The first-order chi connectivity index (χ1) is 8.15. The molecule has 0 amide bonds. The molecule has 0 N–H and O–H groups in total. The van der Waals surface area contributed by atoms with Gasteiger partial charge >= 0.3 is 5.97 Å². The summed E-state index contributed by atoms with van der Waals surface area (Å²) in [6.07, 6.45) is 1.67. The van der Waals surface area contributed by atoms with Crippen LogP contribution in [0, 0.1) is 0 Å². The number of halogens is 2. The van der Waals surface area contributed by atoms with Gasteiger partial charge in [-0.25, -0.2) is 0 Å². The molecule has 1 aromatic heterocycles. The van der Waals surface area contributed by atoms with Crippen LogP contribution in [0.3, 0.4) is 0 Å². The van der Waals surface area contributed by atoms with E-state index in [1.54, 1.807) is 12.3 Å². The van der Waals surface area contributed by atoms with Gasteiger partial charge in [-0.1, -0.05) is 28.1 Å². The molecule has 0 bridgehead atoms. The third-order valence-corrected chi connectivity index (χ3v) is 3.53. The Hall–Kier alpha value is -1.13. The van der Waals surface area contributed by atoms with Gasteiger partial charge in [-0.3, -0.25) is 9.78 Å². The van der Waals surface area contributed by atoms with Gasteiger partial charge < -0.3 is 4.74 Å². The van der Waals surface area contributed by atoms with Crippen molar-refractivity contribution in [3.05, 3.63) is 40.5 Å². The summed E-state index contributed by atoms with van der Waals surface area (Å²) in [7, 11) is 1.31. The summed E-state index contributed by atoms with van der Waals surface area (Å²) in [5, 5.41) is 0.0741. The average molecular weight is 315 g/mol. The van der Waals surface area contributed by atoms with Gasteiger partial charge in [-0.2, -0.15) is 0 Å². The second-order valence-corrected chi connectivity index (χ2v) is 4.71. The largest absolute Gasteiger partial charge is 0.468 e. The van der Waals surface area contributed by atoms with Crippen LogP contribution in [0.4, 0.5) is 0 Å². The summed E-state index contributed by atoms with van der Waals surface area (Å²) in [5.74, 6) is -0.485. The molecule has 5 heteroatoms. The van der Waals surface area contributed by atoms with E-state index >= 15 is 0 Å². The molecule has 0 fully saturated rings. The van der Waals surface area contributed by atoms with E-state index in [0.717, 1.165) is 9.86 Å². The number of rotatable bonds is 2. The van der Waals surface area contributed by atoms with Crippen LogP contribution in [0.5, 0.6) is 0 Å². The average Bonchev–Trinajstić information content (AvgIpc) is 2.38. The molecule has 2 aromatic rings. The molecule has 0 saturated heterocycles. The molecule has 0 spiro atoms. The number of esters is 1. The molecule has 3 nitrogen and oxygen atoms in total. The van der Waals surface area contributed by atoms with Crippen LogP contribution in [0.25, 0.3) is 10.9 Å². The first-order valence-corrected chi connectivity index (χ1v) is 6.13. The molecular weight excluding hydrogens is 305 g/mol. The first-order valence-electron chi connectivity index (χ1n) is 4.90. The smallest absolute Gasteiger partial charge is 0.328 e. The van der Waals surface area contributed by atoms with Gasteiger partial charge in [0.1, 0.15) is 0 Å². The van der Waals surface area contributed by atoms with E-state index < -0.39 is 11.3 Å². The molecule has 0 radical (unpaired) electrons. The van der Waals surface area contributed by atoms with Gasteiger partial charge in [-0.05, 0) is 12.1 Å². The van der Waals surface area contributed by atoms with Crippen molar-refractivity contribution in [1.29, 1.82) is 0 Å². The lowest BCUT2D eigenvalue weighted by Crippen LogP contribution is -2.09. The maximum atomic E-state index is 11.4. The Kier molecular flexibility index (Phi) is 3.64. The van der Waals surface area contributed by atoms with E-state index in [0.29, 0.717) is 11.1 Å². The molecule has 0 aliphatic heterocycles. The maximum absolute atomic E-state index is 11.4. The minimum atomic E-state index is -0.842. The fourth-order valence-electron chi connectivity index (χ4n) is 1.59. The Morgan fingerprint density at radius 3 is 2.94 bits per heavy atom. The van der Waals surface area contributed by atoms with Crippen molar-refractivity contribution >= 4 is 44.4 Å². The highest BCUT2D eigenvalue weighted by Gasteiger charge is 2.21. The lowest BCUT2D eigenvalue weighted by Gasteiger charge is -2.10. The Balaban J connectivity index is 2.63.